The predicted molar refractivity (Wildman–Crippen MR) is 221 cm³/mol. The number of likely N-dealkylation sites (N-methyl/N-ethyl adjacent to an activating group) is 1. The van der Waals surface area contributed by atoms with Crippen molar-refractivity contribution < 1.29 is 39.0 Å². The second kappa shape index (κ2) is 17.9. The molecule has 3 aliphatic rings. The molecular weight excluding hydrogens is 739 g/mol. The first-order valence-electron chi connectivity index (χ1n) is 20.0. The molecule has 0 bridgehead atoms. The van der Waals surface area contributed by atoms with Crippen LogP contribution >= 0.6 is 0 Å². The number of carbonyl (C=O) groups excluding carboxylic acids is 1. The lowest BCUT2D eigenvalue weighted by atomic mass is 9.55. The summed E-state index contributed by atoms with van der Waals surface area (Å²) in [6, 6.07) is 24.6. The number of amides is 1. The Kier molecular flexibility index (Phi) is 12.6. The summed E-state index contributed by atoms with van der Waals surface area (Å²) in [5.74, 6) is -0.901. The van der Waals surface area contributed by atoms with E-state index in [1.165, 1.54) is 19.2 Å². The topological polar surface area (TPSA) is 153 Å². The molecule has 12 nitrogen and oxygen atoms in total. The van der Waals surface area contributed by atoms with E-state index in [2.05, 4.69) is 17.8 Å². The van der Waals surface area contributed by atoms with Crippen LogP contribution in [0.15, 0.2) is 114 Å². The maximum Gasteiger partial charge on any atom is 0.273 e. The molecule has 1 heterocycles. The number of non-ortho nitro benzene ring substituents is 1. The molecule has 7 rings (SSSR count). The van der Waals surface area contributed by atoms with Crippen molar-refractivity contribution in [3.8, 4) is 17.2 Å². The van der Waals surface area contributed by atoms with E-state index in [9.17, 15) is 25.1 Å². The highest BCUT2D eigenvalue weighted by atomic mass is 16.7. The van der Waals surface area contributed by atoms with Gasteiger partial charge in [-0.15, -0.1) is 6.58 Å². The van der Waals surface area contributed by atoms with E-state index >= 15 is 0 Å². The van der Waals surface area contributed by atoms with Gasteiger partial charge in [0, 0.05) is 49.8 Å². The molecule has 0 spiro atoms. The summed E-state index contributed by atoms with van der Waals surface area (Å²) in [6.45, 7) is 4.29. The van der Waals surface area contributed by atoms with E-state index in [-0.39, 0.29) is 55.6 Å². The highest BCUT2D eigenvalue weighted by Gasteiger charge is 2.65. The van der Waals surface area contributed by atoms with Crippen molar-refractivity contribution in [1.29, 1.82) is 0 Å². The number of aliphatic hydroxyl groups is 2. The van der Waals surface area contributed by atoms with Crippen LogP contribution in [0.5, 0.6) is 17.2 Å². The average Bonchev–Trinajstić information content (AvgIpc) is 3.24. The number of oxime groups is 1. The highest BCUT2D eigenvalue weighted by Crippen LogP contribution is 2.62. The first-order valence-corrected chi connectivity index (χ1v) is 20.0. The summed E-state index contributed by atoms with van der Waals surface area (Å²) in [5.41, 5.74) is 2.92. The Bertz CT molecular complexity index is 2200. The lowest BCUT2D eigenvalue weighted by Crippen LogP contribution is -2.69. The van der Waals surface area contributed by atoms with Crippen LogP contribution in [0.25, 0.3) is 10.8 Å². The zero-order valence-electron chi connectivity index (χ0n) is 33.0. The number of allylic oxidation sites excluding steroid dienone is 1. The van der Waals surface area contributed by atoms with E-state index in [0.29, 0.717) is 41.4 Å². The molecule has 6 atom stereocenters. The van der Waals surface area contributed by atoms with E-state index < -0.39 is 22.7 Å². The van der Waals surface area contributed by atoms with Crippen molar-refractivity contribution in [3.05, 3.63) is 130 Å². The third-order valence-electron chi connectivity index (χ3n) is 11.9. The zero-order chi connectivity index (χ0) is 40.8. The van der Waals surface area contributed by atoms with Crippen molar-refractivity contribution >= 4 is 28.1 Å². The van der Waals surface area contributed by atoms with Crippen LogP contribution in [0.4, 0.5) is 5.69 Å². The van der Waals surface area contributed by atoms with Crippen molar-refractivity contribution in [2.24, 2.45) is 22.9 Å². The number of unbranched alkanes of at least 4 members (excludes halogenated alkanes) is 2. The van der Waals surface area contributed by atoms with Gasteiger partial charge in [-0.25, -0.2) is 0 Å². The second-order valence-electron chi connectivity index (χ2n) is 15.3. The van der Waals surface area contributed by atoms with Crippen LogP contribution in [0.2, 0.25) is 0 Å². The van der Waals surface area contributed by atoms with Gasteiger partial charge in [-0.1, -0.05) is 66.5 Å². The SMILES string of the molecule is C=CCOC12Oc3ccc(Oc4cccc([N+](=O)[O-])c4)cc3C3C(CCCCO)C(CCCCO)C=C(C(=NOC)CC1N(C)C(=O)c1ccc4ccccc4c1)C32. The molecule has 304 valence electrons. The fraction of sp³-hybridized carbons (Fsp3) is 0.391. The number of hydrogen-bond donors (Lipinski definition) is 2. The van der Waals surface area contributed by atoms with Crippen molar-refractivity contribution in [3.63, 3.8) is 0 Å². The highest BCUT2D eigenvalue weighted by molar-refractivity contribution is 6.04. The molecule has 2 N–H and O–H groups in total. The standard InChI is InChI=1S/C46H51N3O9/c1-4-24-56-46-42(48(2)45(52)33-19-18-30-12-5-6-13-31(30)25-33)29-40(47-55-3)38-26-32(14-7-9-22-50)37(17-8-10-23-51)43(44(38)46)39-28-36(20-21-41(39)58-46)57-35-16-11-15-34(27-35)49(53)54/h4-6,11-13,15-16,18-21,25-28,32,37,42-44,50-51H,1,7-10,14,17,22-24,29H2,2-3H3. The van der Waals surface area contributed by atoms with Crippen LogP contribution in [-0.4, -0.2) is 77.5 Å². The number of benzene rings is 4. The van der Waals surface area contributed by atoms with Crippen LogP contribution in [0, 0.1) is 27.9 Å². The van der Waals surface area contributed by atoms with Gasteiger partial charge >= 0.3 is 0 Å². The Labute approximate surface area is 338 Å². The third-order valence-corrected chi connectivity index (χ3v) is 11.9. The molecule has 4 aromatic rings. The Morgan fingerprint density at radius 3 is 2.48 bits per heavy atom. The Balaban J connectivity index is 1.41. The van der Waals surface area contributed by atoms with E-state index in [1.54, 1.807) is 36.2 Å². The van der Waals surface area contributed by atoms with Gasteiger partial charge < -0.3 is 34.2 Å². The number of ether oxygens (including phenoxy) is 3. The molecule has 4 aromatic carbocycles. The minimum atomic E-state index is -1.40. The molecule has 0 saturated heterocycles. The van der Waals surface area contributed by atoms with Crippen LogP contribution in [-0.2, 0) is 9.57 Å². The molecule has 1 fully saturated rings. The third kappa shape index (κ3) is 7.96. The quantitative estimate of drug-likeness (QED) is 0.0464. The number of carbonyl (C=O) groups is 1. The Hall–Kier alpha value is -5.56. The number of aliphatic hydroxyl groups excluding tert-OH is 2. The van der Waals surface area contributed by atoms with Crippen LogP contribution in [0.1, 0.15) is 66.8 Å². The second-order valence-corrected chi connectivity index (χ2v) is 15.3. The molecule has 0 aromatic heterocycles. The van der Waals surface area contributed by atoms with Gasteiger partial charge in [-0.3, -0.25) is 14.9 Å². The lowest BCUT2D eigenvalue weighted by molar-refractivity contribution is -0.384. The largest absolute Gasteiger partial charge is 0.459 e. The molecule has 1 aliphatic heterocycles. The summed E-state index contributed by atoms with van der Waals surface area (Å²) in [4.78, 5) is 33.0. The van der Waals surface area contributed by atoms with Gasteiger partial charge in [0.25, 0.3) is 11.6 Å². The normalized spacial score (nSPS) is 23.9. The first kappa shape index (κ1) is 40.6. The average molecular weight is 790 g/mol. The molecule has 6 unspecified atom stereocenters. The maximum absolute atomic E-state index is 14.7. The first-order chi connectivity index (χ1) is 28.2. The molecular formula is C46H51N3O9. The Morgan fingerprint density at radius 2 is 1.74 bits per heavy atom. The van der Waals surface area contributed by atoms with Crippen molar-refractivity contribution in [1.82, 2.24) is 4.90 Å². The summed E-state index contributed by atoms with van der Waals surface area (Å²) in [6.07, 6.45) is 8.69. The summed E-state index contributed by atoms with van der Waals surface area (Å²) >= 11 is 0. The van der Waals surface area contributed by atoms with Gasteiger partial charge in [0.1, 0.15) is 30.4 Å². The molecule has 12 heteroatoms. The fourth-order valence-electron chi connectivity index (χ4n) is 9.37. The van der Waals surface area contributed by atoms with Gasteiger partial charge in [-0.2, -0.15) is 0 Å². The summed E-state index contributed by atoms with van der Waals surface area (Å²) < 4.78 is 20.5. The Morgan fingerprint density at radius 1 is 0.983 bits per heavy atom. The summed E-state index contributed by atoms with van der Waals surface area (Å²) in [7, 11) is 3.30. The maximum atomic E-state index is 14.7. The predicted octanol–water partition coefficient (Wildman–Crippen LogP) is 8.58. The van der Waals surface area contributed by atoms with Gasteiger partial charge in [0.2, 0.25) is 5.79 Å². The number of hydrogen-bond acceptors (Lipinski definition) is 10. The number of fused-ring (bicyclic) bond motifs is 3. The number of nitro benzene ring substituents is 1. The molecule has 1 saturated carbocycles. The number of nitrogens with zero attached hydrogens (tertiary/aromatic N) is 3. The zero-order valence-corrected chi connectivity index (χ0v) is 33.0. The smallest absolute Gasteiger partial charge is 0.273 e. The fourth-order valence-corrected chi connectivity index (χ4v) is 9.37. The summed E-state index contributed by atoms with van der Waals surface area (Å²) in [5, 5.41) is 37.9. The van der Waals surface area contributed by atoms with Crippen LogP contribution < -0.4 is 9.47 Å². The van der Waals surface area contributed by atoms with E-state index in [4.69, 9.17) is 19.0 Å². The molecule has 1 amide bonds. The van der Waals surface area contributed by atoms with Gasteiger partial charge in [-0.05, 0) is 90.3 Å². The minimum absolute atomic E-state index is 0.0189. The minimum Gasteiger partial charge on any atom is -0.459 e. The van der Waals surface area contributed by atoms with Gasteiger partial charge in [0.15, 0.2) is 0 Å². The van der Waals surface area contributed by atoms with E-state index in [0.717, 1.165) is 47.6 Å². The van der Waals surface area contributed by atoms with Gasteiger partial charge in [0.05, 0.1) is 29.2 Å². The monoisotopic (exact) mass is 789 g/mol. The van der Waals surface area contributed by atoms with Crippen LogP contribution in [0.3, 0.4) is 0 Å². The van der Waals surface area contributed by atoms with Crippen molar-refractivity contribution in [2.45, 2.75) is 62.7 Å². The van der Waals surface area contributed by atoms with E-state index in [1.807, 2.05) is 54.6 Å². The van der Waals surface area contributed by atoms with Crippen molar-refractivity contribution in [2.75, 3.05) is 34.0 Å². The lowest BCUT2D eigenvalue weighted by Gasteiger charge is -2.59. The number of rotatable bonds is 17. The molecule has 0 radical (unpaired) electrons. The molecule has 2 aliphatic carbocycles. The number of nitro groups is 1. The molecule has 58 heavy (non-hydrogen) atoms.